The average molecular weight is 237 g/mol. The third-order valence-electron chi connectivity index (χ3n) is 1.82. The maximum absolute atomic E-state index is 12.3. The lowest BCUT2D eigenvalue weighted by Gasteiger charge is -2.11. The summed E-state index contributed by atoms with van der Waals surface area (Å²) in [4.78, 5) is 9.69. The van der Waals surface area contributed by atoms with E-state index in [1.807, 2.05) is 0 Å². The number of halogens is 3. The molecule has 7 heteroatoms. The van der Waals surface area contributed by atoms with Crippen LogP contribution < -0.4 is 5.73 Å². The zero-order valence-electron chi connectivity index (χ0n) is 7.36. The molecule has 0 saturated carbocycles. The highest BCUT2D eigenvalue weighted by Gasteiger charge is 2.22. The molecule has 1 atom stereocenters. The molecular formula is C8H7ClF2N2O2. The molecule has 0 bridgehead atoms. The van der Waals surface area contributed by atoms with Crippen molar-refractivity contribution >= 4 is 17.3 Å². The van der Waals surface area contributed by atoms with Crippen LogP contribution in [0.25, 0.3) is 0 Å². The normalized spacial score (nSPS) is 12.9. The van der Waals surface area contributed by atoms with Crippen LogP contribution in [-0.4, -0.2) is 11.3 Å². The van der Waals surface area contributed by atoms with Crippen molar-refractivity contribution in [2.75, 3.05) is 0 Å². The smallest absolute Gasteiger partial charge is 0.269 e. The third kappa shape index (κ3) is 2.60. The van der Waals surface area contributed by atoms with Gasteiger partial charge in [0.25, 0.3) is 12.1 Å². The Morgan fingerprint density at radius 1 is 1.47 bits per heavy atom. The minimum atomic E-state index is -2.82. The number of non-ortho nitro benzene ring substituents is 1. The molecule has 0 heterocycles. The molecule has 0 aliphatic carbocycles. The molecule has 0 spiro atoms. The van der Waals surface area contributed by atoms with Crippen LogP contribution in [0.5, 0.6) is 0 Å². The molecule has 1 aromatic carbocycles. The highest BCUT2D eigenvalue weighted by atomic mass is 35.5. The van der Waals surface area contributed by atoms with Crippen molar-refractivity contribution in [3.8, 4) is 0 Å². The first-order valence-electron chi connectivity index (χ1n) is 3.91. The number of hydrogen-bond donors (Lipinski definition) is 1. The Hall–Kier alpha value is -1.27. The number of nitrogens with zero attached hydrogens (tertiary/aromatic N) is 1. The first-order valence-corrected chi connectivity index (χ1v) is 4.29. The molecule has 4 nitrogen and oxygen atoms in total. The van der Waals surface area contributed by atoms with Gasteiger partial charge in [0.05, 0.1) is 11.0 Å². The Morgan fingerprint density at radius 3 is 2.53 bits per heavy atom. The van der Waals surface area contributed by atoms with Crippen molar-refractivity contribution in [3.63, 3.8) is 0 Å². The van der Waals surface area contributed by atoms with Gasteiger partial charge in [-0.2, -0.15) is 0 Å². The second kappa shape index (κ2) is 4.50. The highest BCUT2D eigenvalue weighted by Crippen LogP contribution is 2.29. The van der Waals surface area contributed by atoms with Gasteiger partial charge in [0.2, 0.25) is 0 Å². The monoisotopic (exact) mass is 236 g/mol. The van der Waals surface area contributed by atoms with E-state index in [2.05, 4.69) is 0 Å². The standard InChI is InChI=1S/C8H7ClF2N2O2/c9-6-2-1-4(13(14)15)3-5(6)7(12)8(10)11/h1-3,7-8H,12H2. The van der Waals surface area contributed by atoms with Gasteiger partial charge >= 0.3 is 0 Å². The topological polar surface area (TPSA) is 69.2 Å². The second-order valence-corrected chi connectivity index (χ2v) is 3.23. The van der Waals surface area contributed by atoms with Crippen LogP contribution in [0.3, 0.4) is 0 Å². The SMILES string of the molecule is NC(c1cc([N+](=O)[O-])ccc1Cl)C(F)F. The zero-order valence-corrected chi connectivity index (χ0v) is 8.12. The summed E-state index contributed by atoms with van der Waals surface area (Å²) in [6.45, 7) is 0. The Morgan fingerprint density at radius 2 is 2.07 bits per heavy atom. The maximum Gasteiger partial charge on any atom is 0.269 e. The third-order valence-corrected chi connectivity index (χ3v) is 2.17. The molecule has 1 rings (SSSR count). The van der Waals surface area contributed by atoms with E-state index in [-0.39, 0.29) is 16.3 Å². The predicted molar refractivity (Wildman–Crippen MR) is 51.0 cm³/mol. The number of nitro benzene ring substituents is 1. The summed E-state index contributed by atoms with van der Waals surface area (Å²) in [5.74, 6) is 0. The van der Waals surface area contributed by atoms with Crippen molar-refractivity contribution in [1.29, 1.82) is 0 Å². The summed E-state index contributed by atoms with van der Waals surface area (Å²) < 4.78 is 24.5. The van der Waals surface area contributed by atoms with Crippen LogP contribution in [0.1, 0.15) is 11.6 Å². The molecule has 82 valence electrons. The van der Waals surface area contributed by atoms with Crippen LogP contribution in [-0.2, 0) is 0 Å². The van der Waals surface area contributed by atoms with Gasteiger partial charge in [-0.15, -0.1) is 0 Å². The fraction of sp³-hybridized carbons (Fsp3) is 0.250. The lowest BCUT2D eigenvalue weighted by Crippen LogP contribution is -2.19. The van der Waals surface area contributed by atoms with Gasteiger partial charge in [-0.25, -0.2) is 8.78 Å². The molecule has 0 amide bonds. The van der Waals surface area contributed by atoms with Crippen LogP contribution >= 0.6 is 11.6 Å². The van der Waals surface area contributed by atoms with Gasteiger partial charge in [-0.05, 0) is 11.6 Å². The van der Waals surface area contributed by atoms with Crippen molar-refractivity contribution in [3.05, 3.63) is 38.9 Å². The number of nitrogens with two attached hydrogens (primary N) is 1. The van der Waals surface area contributed by atoms with Gasteiger partial charge in [0.1, 0.15) is 0 Å². The molecular weight excluding hydrogens is 230 g/mol. The predicted octanol–water partition coefficient (Wildman–Crippen LogP) is 2.51. The van der Waals surface area contributed by atoms with Gasteiger partial charge < -0.3 is 5.73 Å². The van der Waals surface area contributed by atoms with Gasteiger partial charge in [0, 0.05) is 17.2 Å². The van der Waals surface area contributed by atoms with Crippen LogP contribution in [0, 0.1) is 10.1 Å². The minimum Gasteiger partial charge on any atom is -0.319 e. The first-order chi connectivity index (χ1) is 6.93. The number of hydrogen-bond acceptors (Lipinski definition) is 3. The van der Waals surface area contributed by atoms with E-state index in [0.29, 0.717) is 0 Å². The number of alkyl halides is 2. The fourth-order valence-electron chi connectivity index (χ4n) is 1.04. The molecule has 15 heavy (non-hydrogen) atoms. The molecule has 0 aliphatic heterocycles. The molecule has 2 N–H and O–H groups in total. The molecule has 0 aromatic heterocycles. The van der Waals surface area contributed by atoms with E-state index in [1.165, 1.54) is 6.07 Å². The van der Waals surface area contributed by atoms with Crippen LogP contribution in [0.4, 0.5) is 14.5 Å². The fourth-order valence-corrected chi connectivity index (χ4v) is 1.28. The van der Waals surface area contributed by atoms with Crippen LogP contribution in [0.15, 0.2) is 18.2 Å². The lowest BCUT2D eigenvalue weighted by molar-refractivity contribution is -0.384. The van der Waals surface area contributed by atoms with Gasteiger partial charge in [-0.3, -0.25) is 10.1 Å². The first kappa shape index (κ1) is 11.8. The van der Waals surface area contributed by atoms with E-state index < -0.39 is 17.4 Å². The van der Waals surface area contributed by atoms with Crippen LogP contribution in [0.2, 0.25) is 5.02 Å². The summed E-state index contributed by atoms with van der Waals surface area (Å²) in [7, 11) is 0. The molecule has 0 aliphatic rings. The summed E-state index contributed by atoms with van der Waals surface area (Å²) in [5, 5.41) is 10.4. The highest BCUT2D eigenvalue weighted by molar-refractivity contribution is 6.31. The van der Waals surface area contributed by atoms with Gasteiger partial charge in [0.15, 0.2) is 0 Å². The zero-order chi connectivity index (χ0) is 11.6. The van der Waals surface area contributed by atoms with E-state index in [9.17, 15) is 18.9 Å². The maximum atomic E-state index is 12.3. The molecule has 0 radical (unpaired) electrons. The number of rotatable bonds is 3. The molecule has 1 aromatic rings. The quantitative estimate of drug-likeness (QED) is 0.648. The average Bonchev–Trinajstić information content (AvgIpc) is 2.16. The van der Waals surface area contributed by atoms with Crippen molar-refractivity contribution in [1.82, 2.24) is 0 Å². The summed E-state index contributed by atoms with van der Waals surface area (Å²) in [5.41, 5.74) is 4.71. The lowest BCUT2D eigenvalue weighted by atomic mass is 10.1. The van der Waals surface area contributed by atoms with Crippen molar-refractivity contribution in [2.45, 2.75) is 12.5 Å². The Labute approximate surface area is 88.8 Å². The van der Waals surface area contributed by atoms with E-state index in [4.69, 9.17) is 17.3 Å². The van der Waals surface area contributed by atoms with E-state index >= 15 is 0 Å². The molecule has 1 unspecified atom stereocenters. The molecule has 0 saturated heterocycles. The van der Waals surface area contributed by atoms with Gasteiger partial charge in [-0.1, -0.05) is 11.6 Å². The Kier molecular flexibility index (Phi) is 3.54. The van der Waals surface area contributed by atoms with Crippen molar-refractivity contribution < 1.29 is 13.7 Å². The summed E-state index contributed by atoms with van der Waals surface area (Å²) in [6.07, 6.45) is -2.82. The second-order valence-electron chi connectivity index (χ2n) is 2.82. The molecule has 0 fully saturated rings. The summed E-state index contributed by atoms with van der Waals surface area (Å²) in [6, 6.07) is 1.65. The minimum absolute atomic E-state index is 0.00611. The van der Waals surface area contributed by atoms with E-state index in [1.54, 1.807) is 0 Å². The number of benzene rings is 1. The number of nitro groups is 1. The Balaban J connectivity index is 3.16. The largest absolute Gasteiger partial charge is 0.319 e. The van der Waals surface area contributed by atoms with E-state index in [0.717, 1.165) is 12.1 Å². The van der Waals surface area contributed by atoms with Crippen molar-refractivity contribution in [2.24, 2.45) is 5.73 Å². The Bertz CT molecular complexity index is 387. The summed E-state index contributed by atoms with van der Waals surface area (Å²) >= 11 is 5.60.